The summed E-state index contributed by atoms with van der Waals surface area (Å²) in [7, 11) is 0. The normalized spacial score (nSPS) is 42.9. The number of nitrogens with zero attached hydrogens (tertiary/aromatic N) is 2. The van der Waals surface area contributed by atoms with E-state index < -0.39 is 0 Å². The van der Waals surface area contributed by atoms with Gasteiger partial charge in [-0.25, -0.2) is 0 Å². The van der Waals surface area contributed by atoms with Gasteiger partial charge in [0.15, 0.2) is 0 Å². The smallest absolute Gasteiger partial charge is 0.0655 e. The van der Waals surface area contributed by atoms with Crippen LogP contribution in [-0.2, 0) is 0 Å². The summed E-state index contributed by atoms with van der Waals surface area (Å²) in [5.41, 5.74) is 0. The van der Waals surface area contributed by atoms with Crippen molar-refractivity contribution in [1.29, 1.82) is 10.5 Å². The Kier molecular flexibility index (Phi) is 11.7. The minimum absolute atomic E-state index is 0.377. The summed E-state index contributed by atoms with van der Waals surface area (Å²) in [6.07, 6.45) is 29.4. The molecule has 0 heterocycles. The van der Waals surface area contributed by atoms with Gasteiger partial charge in [0.2, 0.25) is 0 Å². The van der Waals surface area contributed by atoms with E-state index in [0.717, 1.165) is 47.3 Å². The summed E-state index contributed by atoms with van der Waals surface area (Å²) in [6, 6.07) is 4.91. The van der Waals surface area contributed by atoms with Crippen LogP contribution < -0.4 is 0 Å². The minimum atomic E-state index is 0.377. The maximum absolute atomic E-state index is 9.04. The van der Waals surface area contributed by atoms with Crippen molar-refractivity contribution < 1.29 is 0 Å². The second-order valence-corrected chi connectivity index (χ2v) is 14.6. The van der Waals surface area contributed by atoms with Gasteiger partial charge in [0.05, 0.1) is 12.1 Å². The van der Waals surface area contributed by atoms with Gasteiger partial charge in [-0.1, -0.05) is 52.4 Å². The molecular formula is C35H58N2. The molecule has 208 valence electrons. The van der Waals surface area contributed by atoms with Crippen LogP contribution in [0.2, 0.25) is 0 Å². The molecule has 0 radical (unpaired) electrons. The first-order valence-electron chi connectivity index (χ1n) is 16.8. The third kappa shape index (κ3) is 9.01. The van der Waals surface area contributed by atoms with Gasteiger partial charge in [0, 0.05) is 11.8 Å². The van der Waals surface area contributed by atoms with Crippen molar-refractivity contribution in [1.82, 2.24) is 0 Å². The predicted octanol–water partition coefficient (Wildman–Crippen LogP) is 10.5. The SMILES string of the molecule is CC1CCC(C2CCC(C3CCC(C#N)CC3)CC2)CC1.CC1CCC(CC2CCC(C#N)CC2)CC1. The van der Waals surface area contributed by atoms with E-state index in [1.807, 2.05) is 0 Å². The summed E-state index contributed by atoms with van der Waals surface area (Å²) < 4.78 is 0. The molecule has 0 saturated heterocycles. The van der Waals surface area contributed by atoms with E-state index in [2.05, 4.69) is 26.0 Å². The quantitative estimate of drug-likeness (QED) is 0.380. The molecule has 37 heavy (non-hydrogen) atoms. The Morgan fingerprint density at radius 1 is 0.405 bits per heavy atom. The van der Waals surface area contributed by atoms with E-state index in [4.69, 9.17) is 10.5 Å². The average Bonchev–Trinajstić information content (AvgIpc) is 2.96. The lowest BCUT2D eigenvalue weighted by Crippen LogP contribution is -2.29. The predicted molar refractivity (Wildman–Crippen MR) is 154 cm³/mol. The topological polar surface area (TPSA) is 47.6 Å². The zero-order valence-corrected chi connectivity index (χ0v) is 24.5. The molecule has 0 aromatic carbocycles. The van der Waals surface area contributed by atoms with Gasteiger partial charge >= 0.3 is 0 Å². The highest BCUT2D eigenvalue weighted by Crippen LogP contribution is 2.45. The Morgan fingerprint density at radius 2 is 0.676 bits per heavy atom. The van der Waals surface area contributed by atoms with Crippen LogP contribution in [-0.4, -0.2) is 0 Å². The lowest BCUT2D eigenvalue weighted by molar-refractivity contribution is 0.111. The van der Waals surface area contributed by atoms with Gasteiger partial charge in [-0.15, -0.1) is 0 Å². The van der Waals surface area contributed by atoms with Crippen molar-refractivity contribution in [3.63, 3.8) is 0 Å². The molecule has 2 heteroatoms. The van der Waals surface area contributed by atoms with Gasteiger partial charge < -0.3 is 0 Å². The zero-order valence-electron chi connectivity index (χ0n) is 24.5. The van der Waals surface area contributed by atoms with E-state index in [-0.39, 0.29) is 0 Å². The van der Waals surface area contributed by atoms with Gasteiger partial charge in [0.25, 0.3) is 0 Å². The molecule has 0 N–H and O–H groups in total. The molecule has 5 saturated carbocycles. The third-order valence-corrected chi connectivity index (χ3v) is 12.0. The van der Waals surface area contributed by atoms with Crippen LogP contribution in [0.25, 0.3) is 0 Å². The molecule has 0 atom stereocenters. The Morgan fingerprint density at radius 3 is 1.05 bits per heavy atom. The molecule has 0 aliphatic heterocycles. The van der Waals surface area contributed by atoms with Crippen LogP contribution in [0.15, 0.2) is 0 Å². The number of nitriles is 2. The number of hydrogen-bond donors (Lipinski definition) is 0. The van der Waals surface area contributed by atoms with Gasteiger partial charge in [-0.2, -0.15) is 10.5 Å². The molecule has 0 spiro atoms. The molecule has 5 aliphatic carbocycles. The fourth-order valence-corrected chi connectivity index (χ4v) is 9.13. The first kappa shape index (κ1) is 29.0. The van der Waals surface area contributed by atoms with Crippen molar-refractivity contribution >= 4 is 0 Å². The Balaban J connectivity index is 0.000000180. The van der Waals surface area contributed by atoms with Crippen LogP contribution >= 0.6 is 0 Å². The molecule has 0 unspecified atom stereocenters. The van der Waals surface area contributed by atoms with Crippen LogP contribution in [0.3, 0.4) is 0 Å². The molecule has 5 fully saturated rings. The minimum Gasteiger partial charge on any atom is -0.198 e. The first-order chi connectivity index (χ1) is 18.0. The van der Waals surface area contributed by atoms with Crippen molar-refractivity contribution in [2.45, 2.75) is 149 Å². The summed E-state index contributed by atoms with van der Waals surface area (Å²) in [4.78, 5) is 0. The van der Waals surface area contributed by atoms with Crippen molar-refractivity contribution in [3.05, 3.63) is 0 Å². The third-order valence-electron chi connectivity index (χ3n) is 12.0. The van der Waals surface area contributed by atoms with Crippen LogP contribution in [0.1, 0.15) is 149 Å². The van der Waals surface area contributed by atoms with Crippen molar-refractivity contribution in [2.75, 3.05) is 0 Å². The van der Waals surface area contributed by atoms with Gasteiger partial charge in [-0.3, -0.25) is 0 Å². The largest absolute Gasteiger partial charge is 0.198 e. The highest BCUT2D eigenvalue weighted by molar-refractivity contribution is 4.91. The number of hydrogen-bond acceptors (Lipinski definition) is 2. The Hall–Kier alpha value is -1.02. The molecule has 0 bridgehead atoms. The second-order valence-electron chi connectivity index (χ2n) is 14.6. The second kappa shape index (κ2) is 14.9. The van der Waals surface area contributed by atoms with E-state index in [9.17, 15) is 0 Å². The monoisotopic (exact) mass is 506 g/mol. The maximum Gasteiger partial charge on any atom is 0.0655 e. The van der Waals surface area contributed by atoms with Crippen molar-refractivity contribution in [3.8, 4) is 12.1 Å². The lowest BCUT2D eigenvalue weighted by atomic mass is 9.65. The van der Waals surface area contributed by atoms with E-state index in [0.29, 0.717) is 11.8 Å². The summed E-state index contributed by atoms with van der Waals surface area (Å²) in [5, 5.41) is 17.9. The van der Waals surface area contributed by atoms with Gasteiger partial charge in [-0.05, 0) is 144 Å². The maximum atomic E-state index is 9.04. The molecule has 5 rings (SSSR count). The fraction of sp³-hybridized carbons (Fsp3) is 0.943. The van der Waals surface area contributed by atoms with Crippen LogP contribution in [0.4, 0.5) is 0 Å². The average molecular weight is 507 g/mol. The molecular weight excluding hydrogens is 448 g/mol. The van der Waals surface area contributed by atoms with E-state index >= 15 is 0 Å². The van der Waals surface area contributed by atoms with E-state index in [1.165, 1.54) is 135 Å². The first-order valence-corrected chi connectivity index (χ1v) is 16.8. The molecule has 2 nitrogen and oxygen atoms in total. The van der Waals surface area contributed by atoms with Crippen LogP contribution in [0.5, 0.6) is 0 Å². The molecule has 0 aromatic heterocycles. The Labute approximate surface area is 230 Å². The highest BCUT2D eigenvalue weighted by Gasteiger charge is 2.34. The highest BCUT2D eigenvalue weighted by atomic mass is 14.4. The zero-order chi connectivity index (χ0) is 26.0. The standard InChI is InChI=1S/C20H33N.C15H25N/c1-15-2-6-17(7-3-15)19-10-12-20(13-11-19)18-8-4-16(14-21)5-9-18;1-12-2-4-13(5-3-12)10-14-6-8-15(11-16)9-7-14/h15-20H,2-13H2,1H3;12-15H,2-10H2,1H3. The lowest BCUT2D eigenvalue weighted by Gasteiger charge is -2.40. The molecule has 0 amide bonds. The van der Waals surface area contributed by atoms with Crippen LogP contribution in [0, 0.1) is 81.8 Å². The molecule has 0 aromatic rings. The summed E-state index contributed by atoms with van der Waals surface area (Å²) in [5.74, 6) is 8.77. The Bertz CT molecular complexity index is 705. The summed E-state index contributed by atoms with van der Waals surface area (Å²) >= 11 is 0. The summed E-state index contributed by atoms with van der Waals surface area (Å²) in [6.45, 7) is 4.83. The molecule has 5 aliphatic rings. The van der Waals surface area contributed by atoms with Gasteiger partial charge in [0.1, 0.15) is 0 Å². The number of rotatable bonds is 4. The fourth-order valence-electron chi connectivity index (χ4n) is 9.13. The van der Waals surface area contributed by atoms with E-state index in [1.54, 1.807) is 0 Å². The van der Waals surface area contributed by atoms with Crippen molar-refractivity contribution in [2.24, 2.45) is 59.2 Å².